The van der Waals surface area contributed by atoms with Crippen molar-refractivity contribution < 1.29 is 9.47 Å². The molecule has 0 fully saturated rings. The lowest BCUT2D eigenvalue weighted by Gasteiger charge is -2.11. The van der Waals surface area contributed by atoms with E-state index in [0.29, 0.717) is 6.61 Å². The van der Waals surface area contributed by atoms with Crippen LogP contribution in [0.25, 0.3) is 0 Å². The van der Waals surface area contributed by atoms with Crippen LogP contribution >= 0.6 is 11.8 Å². The van der Waals surface area contributed by atoms with Gasteiger partial charge in [-0.25, -0.2) is 0 Å². The lowest BCUT2D eigenvalue weighted by atomic mass is 10.2. The molecule has 1 N–H and O–H groups in total. The Bertz CT molecular complexity index is 331. The van der Waals surface area contributed by atoms with Crippen LogP contribution in [0.2, 0.25) is 0 Å². The third kappa shape index (κ3) is 4.88. The van der Waals surface area contributed by atoms with Crippen LogP contribution in [0.3, 0.4) is 0 Å². The summed E-state index contributed by atoms with van der Waals surface area (Å²) in [7, 11) is 1.66. The molecule has 0 heterocycles. The van der Waals surface area contributed by atoms with E-state index >= 15 is 0 Å². The van der Waals surface area contributed by atoms with E-state index in [4.69, 9.17) is 9.47 Å². The molecule has 0 bridgehead atoms. The molecule has 17 heavy (non-hydrogen) atoms. The third-order valence-corrected chi connectivity index (χ3v) is 2.95. The predicted molar refractivity (Wildman–Crippen MR) is 74.3 cm³/mol. The molecule has 1 aromatic rings. The highest BCUT2D eigenvalue weighted by Crippen LogP contribution is 2.27. The molecule has 0 radical (unpaired) electrons. The summed E-state index contributed by atoms with van der Waals surface area (Å²) >= 11 is 1.85. The third-order valence-electron chi connectivity index (χ3n) is 2.34. The SMILES string of the molecule is CCOc1cc(CNCCSC)ccc1OC. The van der Waals surface area contributed by atoms with E-state index in [1.165, 1.54) is 5.56 Å². The fourth-order valence-corrected chi connectivity index (χ4v) is 1.85. The second-order valence-corrected chi connectivity index (χ2v) is 4.57. The van der Waals surface area contributed by atoms with Crippen molar-refractivity contribution in [3.05, 3.63) is 23.8 Å². The molecule has 1 aromatic carbocycles. The molecule has 0 saturated heterocycles. The lowest BCUT2D eigenvalue weighted by molar-refractivity contribution is 0.310. The molecule has 96 valence electrons. The molecule has 0 atom stereocenters. The van der Waals surface area contributed by atoms with Crippen molar-refractivity contribution in [1.29, 1.82) is 0 Å². The number of hydrogen-bond acceptors (Lipinski definition) is 4. The topological polar surface area (TPSA) is 30.5 Å². The average Bonchev–Trinajstić information content (AvgIpc) is 2.35. The van der Waals surface area contributed by atoms with Crippen LogP contribution < -0.4 is 14.8 Å². The van der Waals surface area contributed by atoms with Gasteiger partial charge >= 0.3 is 0 Å². The highest BCUT2D eigenvalue weighted by Gasteiger charge is 2.04. The Morgan fingerprint density at radius 1 is 1.29 bits per heavy atom. The van der Waals surface area contributed by atoms with Gasteiger partial charge in [-0.05, 0) is 30.9 Å². The number of ether oxygens (including phenoxy) is 2. The number of methoxy groups -OCH3 is 1. The molecule has 4 heteroatoms. The van der Waals surface area contributed by atoms with E-state index in [1.807, 2.05) is 30.8 Å². The Labute approximate surface area is 108 Å². The second kappa shape index (κ2) is 8.25. The summed E-state index contributed by atoms with van der Waals surface area (Å²) in [4.78, 5) is 0. The zero-order valence-corrected chi connectivity index (χ0v) is 11.6. The van der Waals surface area contributed by atoms with Gasteiger partial charge in [0.25, 0.3) is 0 Å². The maximum absolute atomic E-state index is 5.54. The van der Waals surface area contributed by atoms with E-state index in [1.54, 1.807) is 7.11 Å². The van der Waals surface area contributed by atoms with Crippen molar-refractivity contribution in [2.75, 3.05) is 32.3 Å². The molecule has 0 amide bonds. The predicted octanol–water partition coefficient (Wildman–Crippen LogP) is 2.55. The number of benzene rings is 1. The molecule has 0 aliphatic carbocycles. The van der Waals surface area contributed by atoms with Crippen LogP contribution in [-0.4, -0.2) is 32.3 Å². The molecular weight excluding hydrogens is 234 g/mol. The van der Waals surface area contributed by atoms with E-state index in [-0.39, 0.29) is 0 Å². The van der Waals surface area contributed by atoms with Gasteiger partial charge < -0.3 is 14.8 Å². The first-order valence-electron chi connectivity index (χ1n) is 5.81. The minimum Gasteiger partial charge on any atom is -0.493 e. The molecule has 0 aromatic heterocycles. The number of nitrogens with one attached hydrogen (secondary N) is 1. The van der Waals surface area contributed by atoms with Crippen molar-refractivity contribution >= 4 is 11.8 Å². The van der Waals surface area contributed by atoms with Gasteiger partial charge in [0.2, 0.25) is 0 Å². The van der Waals surface area contributed by atoms with Gasteiger partial charge in [0.1, 0.15) is 0 Å². The van der Waals surface area contributed by atoms with Gasteiger partial charge in [-0.3, -0.25) is 0 Å². The zero-order chi connectivity index (χ0) is 12.5. The largest absolute Gasteiger partial charge is 0.493 e. The van der Waals surface area contributed by atoms with Crippen LogP contribution in [-0.2, 0) is 6.54 Å². The van der Waals surface area contributed by atoms with Crippen molar-refractivity contribution in [3.63, 3.8) is 0 Å². The van der Waals surface area contributed by atoms with Crippen LogP contribution in [0.1, 0.15) is 12.5 Å². The van der Waals surface area contributed by atoms with Crippen molar-refractivity contribution in [3.8, 4) is 11.5 Å². The van der Waals surface area contributed by atoms with Crippen LogP contribution in [0, 0.1) is 0 Å². The molecule has 0 spiro atoms. The summed E-state index contributed by atoms with van der Waals surface area (Å²) in [5, 5.41) is 3.39. The van der Waals surface area contributed by atoms with E-state index in [2.05, 4.69) is 17.6 Å². The fourth-order valence-electron chi connectivity index (χ4n) is 1.51. The second-order valence-electron chi connectivity index (χ2n) is 3.59. The lowest BCUT2D eigenvalue weighted by Crippen LogP contribution is -2.16. The average molecular weight is 255 g/mol. The van der Waals surface area contributed by atoms with Gasteiger partial charge in [0, 0.05) is 18.8 Å². The Balaban J connectivity index is 2.57. The number of thioether (sulfide) groups is 1. The first-order chi connectivity index (χ1) is 8.31. The van der Waals surface area contributed by atoms with Crippen molar-refractivity contribution in [2.24, 2.45) is 0 Å². The highest BCUT2D eigenvalue weighted by atomic mass is 32.2. The maximum Gasteiger partial charge on any atom is 0.161 e. The van der Waals surface area contributed by atoms with Crippen molar-refractivity contribution in [2.45, 2.75) is 13.5 Å². The van der Waals surface area contributed by atoms with Crippen LogP contribution in [0.15, 0.2) is 18.2 Å². The summed E-state index contributed by atoms with van der Waals surface area (Å²) in [5.41, 5.74) is 1.22. The van der Waals surface area contributed by atoms with Crippen LogP contribution in [0.5, 0.6) is 11.5 Å². The Morgan fingerprint density at radius 2 is 2.12 bits per heavy atom. The first-order valence-corrected chi connectivity index (χ1v) is 7.20. The summed E-state index contributed by atoms with van der Waals surface area (Å²) in [6.45, 7) is 4.52. The van der Waals surface area contributed by atoms with Crippen LogP contribution in [0.4, 0.5) is 0 Å². The molecule has 1 rings (SSSR count). The minimum absolute atomic E-state index is 0.652. The molecule has 0 aliphatic rings. The quantitative estimate of drug-likeness (QED) is 0.723. The molecule has 3 nitrogen and oxygen atoms in total. The Kier molecular flexibility index (Phi) is 6.89. The van der Waals surface area contributed by atoms with E-state index in [9.17, 15) is 0 Å². The van der Waals surface area contributed by atoms with E-state index in [0.717, 1.165) is 30.3 Å². The number of hydrogen-bond donors (Lipinski definition) is 1. The highest BCUT2D eigenvalue weighted by molar-refractivity contribution is 7.98. The minimum atomic E-state index is 0.652. The summed E-state index contributed by atoms with van der Waals surface area (Å²) < 4.78 is 10.8. The summed E-state index contributed by atoms with van der Waals surface area (Å²) in [5.74, 6) is 2.74. The molecular formula is C13H21NO2S. The smallest absolute Gasteiger partial charge is 0.161 e. The van der Waals surface area contributed by atoms with Crippen molar-refractivity contribution in [1.82, 2.24) is 5.32 Å². The van der Waals surface area contributed by atoms with Gasteiger partial charge in [0.05, 0.1) is 13.7 Å². The maximum atomic E-state index is 5.54. The molecule has 0 saturated carbocycles. The zero-order valence-electron chi connectivity index (χ0n) is 10.8. The van der Waals surface area contributed by atoms with Gasteiger partial charge in [-0.2, -0.15) is 11.8 Å². The van der Waals surface area contributed by atoms with Gasteiger partial charge in [-0.15, -0.1) is 0 Å². The Morgan fingerprint density at radius 3 is 2.76 bits per heavy atom. The molecule has 0 aliphatic heterocycles. The fraction of sp³-hybridized carbons (Fsp3) is 0.538. The monoisotopic (exact) mass is 255 g/mol. The Hall–Kier alpha value is -0.870. The molecule has 0 unspecified atom stereocenters. The standard InChI is InChI=1S/C13H21NO2S/c1-4-16-13-9-11(5-6-12(13)15-2)10-14-7-8-17-3/h5-6,9,14H,4,7-8,10H2,1-3H3. The van der Waals surface area contributed by atoms with Gasteiger partial charge in [0.15, 0.2) is 11.5 Å². The van der Waals surface area contributed by atoms with Gasteiger partial charge in [-0.1, -0.05) is 6.07 Å². The summed E-state index contributed by atoms with van der Waals surface area (Å²) in [6, 6.07) is 6.05. The normalized spacial score (nSPS) is 10.3. The first kappa shape index (κ1) is 14.2. The number of rotatable bonds is 8. The van der Waals surface area contributed by atoms with E-state index < -0.39 is 0 Å². The summed E-state index contributed by atoms with van der Waals surface area (Å²) in [6.07, 6.45) is 2.11.